The summed E-state index contributed by atoms with van der Waals surface area (Å²) in [6, 6.07) is 0. The summed E-state index contributed by atoms with van der Waals surface area (Å²) in [5, 5.41) is 30.5. The van der Waals surface area contributed by atoms with Crippen LogP contribution in [-0.2, 0) is 54.6 Å². The Morgan fingerprint density at radius 3 is 2.44 bits per heavy atom. The fraction of sp³-hybridized carbons (Fsp3) is 0.500. The average molecular weight is 774 g/mol. The number of aromatic nitrogens is 8. The Labute approximate surface area is 276 Å². The lowest BCUT2D eigenvalue weighted by Crippen LogP contribution is -2.39. The number of aromatic amines is 2. The zero-order valence-electron chi connectivity index (χ0n) is 25.2. The van der Waals surface area contributed by atoms with Gasteiger partial charge in [-0.2, -0.15) is 9.29 Å². The highest BCUT2D eigenvalue weighted by molar-refractivity contribution is 7.66. The van der Waals surface area contributed by atoms with E-state index < -0.39 is 91.8 Å². The Morgan fingerprint density at radius 1 is 1.06 bits per heavy atom. The second-order valence-corrected chi connectivity index (χ2v) is 15.0. The third-order valence-corrected chi connectivity index (χ3v) is 11.0. The van der Waals surface area contributed by atoms with Crippen molar-refractivity contribution in [1.82, 2.24) is 34.1 Å². The number of hydrogen-bond acceptors (Lipinski definition) is 20. The first-order valence-corrected chi connectivity index (χ1v) is 18.1. The number of nitrogens with zero attached hydrogens (tertiary/aromatic N) is 6. The maximum atomic E-state index is 12.4. The molecule has 8 atom stereocenters. The number of imidazole rings is 2. The monoisotopic (exact) mass is 774 g/mol. The Balaban J connectivity index is 1.14. The number of phosphoric ester groups is 2. The van der Waals surface area contributed by atoms with Gasteiger partial charge in [-0.15, -0.1) is 0 Å². The van der Waals surface area contributed by atoms with Crippen molar-refractivity contribution in [3.05, 3.63) is 33.4 Å². The highest BCUT2D eigenvalue weighted by Crippen LogP contribution is 2.66. The number of aryl methyl sites for hydroxylation is 1. The van der Waals surface area contributed by atoms with Crippen molar-refractivity contribution in [3.63, 3.8) is 0 Å². The molecule has 5 rings (SSSR count). The highest BCUT2D eigenvalue weighted by Gasteiger charge is 2.46. The molecule has 0 amide bonds. The van der Waals surface area contributed by atoms with E-state index in [4.69, 9.17) is 20.9 Å². The first-order valence-electron chi connectivity index (χ1n) is 13.7. The van der Waals surface area contributed by atoms with Crippen molar-refractivity contribution in [2.45, 2.75) is 37.4 Å². The summed E-state index contributed by atoms with van der Waals surface area (Å²) in [7, 11) is -16.0. The SMILES string of the molecule is Cn1c[n+](COC(CO)COP(=O)([O-])OP(=O)(O)OP(=O)(O)OCC2OC(n3cnc4c(=O)[nH]c(N)nc43)C(O)C2O)c2nc(N)[nH]c(=O)c21. The number of aliphatic hydroxyl groups is 3. The molecule has 0 aromatic carbocycles. The number of aliphatic hydroxyl groups excluding tert-OH is 3. The van der Waals surface area contributed by atoms with Crippen LogP contribution in [0.4, 0.5) is 11.9 Å². The zero-order chi connectivity index (χ0) is 36.8. The Bertz CT molecular complexity index is 2150. The molecule has 8 unspecified atom stereocenters. The summed E-state index contributed by atoms with van der Waals surface area (Å²) < 4.78 is 68.3. The largest absolute Gasteiger partial charge is 0.756 e. The number of nitrogen functional groups attached to an aromatic ring is 2. The molecule has 27 nitrogen and oxygen atoms in total. The fourth-order valence-electron chi connectivity index (χ4n) is 4.63. The molecule has 1 aliphatic rings. The Kier molecular flexibility index (Phi) is 10.8. The third-order valence-electron chi connectivity index (χ3n) is 6.78. The van der Waals surface area contributed by atoms with Crippen molar-refractivity contribution in [3.8, 4) is 0 Å². The predicted molar refractivity (Wildman–Crippen MR) is 158 cm³/mol. The van der Waals surface area contributed by atoms with E-state index in [1.807, 2.05) is 0 Å². The third kappa shape index (κ3) is 8.34. The molecule has 4 aromatic rings. The molecule has 5 heterocycles. The Morgan fingerprint density at radius 2 is 1.74 bits per heavy atom. The van der Waals surface area contributed by atoms with Crippen LogP contribution < -0.4 is 32.0 Å². The van der Waals surface area contributed by atoms with Gasteiger partial charge in [0.15, 0.2) is 30.4 Å². The molecule has 0 radical (unpaired) electrons. The zero-order valence-corrected chi connectivity index (χ0v) is 27.9. The van der Waals surface area contributed by atoms with E-state index in [1.54, 1.807) is 0 Å². The minimum atomic E-state index is -6.00. The number of nitrogens with one attached hydrogen (secondary N) is 2. The van der Waals surface area contributed by atoms with Gasteiger partial charge in [0.05, 0.1) is 33.2 Å². The quantitative estimate of drug-likeness (QED) is 0.0406. The maximum absolute atomic E-state index is 12.4. The molecular weight excluding hydrogens is 745 g/mol. The number of fused-ring (bicyclic) bond motifs is 2. The molecule has 50 heavy (non-hydrogen) atoms. The summed E-state index contributed by atoms with van der Waals surface area (Å²) in [5.74, 6) is -0.511. The minimum Gasteiger partial charge on any atom is -0.756 e. The second kappa shape index (κ2) is 14.3. The van der Waals surface area contributed by atoms with Crippen LogP contribution in [0, 0.1) is 0 Å². The number of anilines is 2. The summed E-state index contributed by atoms with van der Waals surface area (Å²) in [6.45, 7) is -3.36. The Hall–Kier alpha value is -3.49. The van der Waals surface area contributed by atoms with Crippen LogP contribution in [0.15, 0.2) is 22.2 Å². The van der Waals surface area contributed by atoms with Crippen LogP contribution in [0.1, 0.15) is 6.23 Å². The molecule has 1 aliphatic heterocycles. The lowest BCUT2D eigenvalue weighted by Gasteiger charge is -2.26. The minimum absolute atomic E-state index is 0.0794. The number of ether oxygens (including phenoxy) is 2. The molecule has 1 saturated heterocycles. The summed E-state index contributed by atoms with van der Waals surface area (Å²) in [4.78, 5) is 72.4. The van der Waals surface area contributed by atoms with E-state index >= 15 is 0 Å². The molecule has 1 fully saturated rings. The van der Waals surface area contributed by atoms with Crippen molar-refractivity contribution < 1.29 is 75.4 Å². The molecule has 11 N–H and O–H groups in total. The van der Waals surface area contributed by atoms with Crippen molar-refractivity contribution in [2.24, 2.45) is 7.05 Å². The molecular formula is C20H29N10O17P3. The number of phosphoric acid groups is 3. The summed E-state index contributed by atoms with van der Waals surface area (Å²) in [5.41, 5.74) is 9.66. The lowest BCUT2D eigenvalue weighted by atomic mass is 10.1. The first kappa shape index (κ1) is 37.8. The molecule has 0 saturated carbocycles. The average Bonchev–Trinajstić information content (AvgIpc) is 3.64. The molecule has 4 aromatic heterocycles. The van der Waals surface area contributed by atoms with E-state index in [0.717, 1.165) is 10.9 Å². The van der Waals surface area contributed by atoms with Crippen LogP contribution in [0.3, 0.4) is 0 Å². The summed E-state index contributed by atoms with van der Waals surface area (Å²) in [6.07, 6.45) is -5.66. The van der Waals surface area contributed by atoms with Crippen molar-refractivity contribution >= 4 is 57.7 Å². The second-order valence-electron chi connectivity index (χ2n) is 10.4. The van der Waals surface area contributed by atoms with E-state index in [2.05, 4.69) is 42.6 Å². The van der Waals surface area contributed by atoms with Gasteiger partial charge in [0.25, 0.3) is 24.9 Å². The molecule has 276 valence electrons. The standard InChI is InChI=1S/C20H29N10O17P3/c1-28-6-29(15-11(28)17(35)27-20(22)25-15)7-42-8(2-31)3-43-48(36,37)46-50(40,41)47-49(38,39)44-4-9-12(32)13(33)18(45-9)30-5-23-10-14(30)24-19(21)26-16(10)34/h5-6,8-9,12-13,18,31-33H,2-4,7H2,1H3,(H8-,21,22,24,25,26,27,34,35,36,37,38,39,40,41). The van der Waals surface area contributed by atoms with Gasteiger partial charge in [-0.3, -0.25) is 37.8 Å². The van der Waals surface area contributed by atoms with Gasteiger partial charge in [-0.25, -0.2) is 23.0 Å². The smallest absolute Gasteiger partial charge is 0.487 e. The van der Waals surface area contributed by atoms with Gasteiger partial charge in [0, 0.05) is 0 Å². The van der Waals surface area contributed by atoms with Crippen LogP contribution in [-0.4, -0.2) is 103 Å². The van der Waals surface area contributed by atoms with Crippen LogP contribution in [0.2, 0.25) is 0 Å². The van der Waals surface area contributed by atoms with E-state index in [0.29, 0.717) is 0 Å². The van der Waals surface area contributed by atoms with Crippen LogP contribution in [0.25, 0.3) is 22.3 Å². The number of H-pyrrole nitrogens is 2. The van der Waals surface area contributed by atoms with Crippen LogP contribution >= 0.6 is 23.5 Å². The lowest BCUT2D eigenvalue weighted by molar-refractivity contribution is -0.714. The highest BCUT2D eigenvalue weighted by atomic mass is 31.3. The van der Waals surface area contributed by atoms with Crippen molar-refractivity contribution in [2.75, 3.05) is 31.3 Å². The van der Waals surface area contributed by atoms with Gasteiger partial charge in [0.1, 0.15) is 24.4 Å². The van der Waals surface area contributed by atoms with Crippen molar-refractivity contribution in [1.29, 1.82) is 0 Å². The number of nitrogens with two attached hydrogens (primary N) is 2. The van der Waals surface area contributed by atoms with E-state index in [-0.39, 0.29) is 34.2 Å². The number of rotatable bonds is 15. The number of hydrogen-bond donors (Lipinski definition) is 9. The van der Waals surface area contributed by atoms with Crippen LogP contribution in [0.5, 0.6) is 0 Å². The summed E-state index contributed by atoms with van der Waals surface area (Å²) >= 11 is 0. The molecule has 0 spiro atoms. The molecule has 0 bridgehead atoms. The van der Waals surface area contributed by atoms with Gasteiger partial charge in [0.2, 0.25) is 11.5 Å². The van der Waals surface area contributed by atoms with Gasteiger partial charge >= 0.3 is 21.3 Å². The first-order chi connectivity index (χ1) is 23.3. The topological polar surface area (TPSA) is 401 Å². The predicted octanol–water partition coefficient (Wildman–Crippen LogP) is -4.46. The molecule has 0 aliphatic carbocycles. The van der Waals surface area contributed by atoms with Gasteiger partial charge < -0.3 is 55.5 Å². The van der Waals surface area contributed by atoms with E-state index in [1.165, 1.54) is 22.5 Å². The normalized spacial score (nSPS) is 23.9. The van der Waals surface area contributed by atoms with Gasteiger partial charge in [-0.1, -0.05) is 4.98 Å². The molecule has 30 heteroatoms. The maximum Gasteiger partial charge on any atom is 0.487 e. The van der Waals surface area contributed by atoms with Gasteiger partial charge in [-0.05, 0) is 0 Å². The fourth-order valence-corrected chi connectivity index (χ4v) is 8.14. The van der Waals surface area contributed by atoms with E-state index in [9.17, 15) is 53.3 Å².